The molecule has 0 unspecified atom stereocenters. The SMILES string of the molecule is CCOc1cc(CNC23CC4CC(CC(C4)C2)C3)cc(Cl)c1OCc1ccc(F)cc1. The first-order valence-corrected chi connectivity index (χ1v) is 12.0. The van der Waals surface area contributed by atoms with Crippen LogP contribution in [0.5, 0.6) is 11.5 Å². The first kappa shape index (κ1) is 21.1. The van der Waals surface area contributed by atoms with Gasteiger partial charge in [-0.05, 0) is 98.6 Å². The Bertz CT molecular complexity index is 894. The molecule has 6 rings (SSSR count). The van der Waals surface area contributed by atoms with Crippen LogP contribution in [-0.2, 0) is 13.2 Å². The number of hydrogen-bond donors (Lipinski definition) is 1. The van der Waals surface area contributed by atoms with Crippen molar-refractivity contribution >= 4 is 11.6 Å². The normalized spacial score (nSPS) is 28.7. The molecule has 0 radical (unpaired) electrons. The smallest absolute Gasteiger partial charge is 0.180 e. The van der Waals surface area contributed by atoms with E-state index in [-0.39, 0.29) is 5.82 Å². The van der Waals surface area contributed by atoms with Gasteiger partial charge in [0.1, 0.15) is 12.4 Å². The van der Waals surface area contributed by atoms with Crippen molar-refractivity contribution in [3.63, 3.8) is 0 Å². The minimum Gasteiger partial charge on any atom is -0.490 e. The van der Waals surface area contributed by atoms with Crippen LogP contribution in [0.2, 0.25) is 5.02 Å². The fourth-order valence-corrected chi connectivity index (χ4v) is 6.77. The summed E-state index contributed by atoms with van der Waals surface area (Å²) in [6.07, 6.45) is 8.31. The second-order valence-corrected chi connectivity index (χ2v) is 10.2. The zero-order chi connectivity index (χ0) is 21.4. The van der Waals surface area contributed by atoms with Crippen molar-refractivity contribution in [2.45, 2.75) is 64.1 Å². The van der Waals surface area contributed by atoms with E-state index < -0.39 is 0 Å². The van der Waals surface area contributed by atoms with Gasteiger partial charge in [0.05, 0.1) is 11.6 Å². The van der Waals surface area contributed by atoms with Crippen LogP contribution in [0.15, 0.2) is 36.4 Å². The maximum Gasteiger partial charge on any atom is 0.180 e. The summed E-state index contributed by atoms with van der Waals surface area (Å²) in [5.41, 5.74) is 2.32. The average molecular weight is 444 g/mol. The first-order valence-electron chi connectivity index (χ1n) is 11.6. The van der Waals surface area contributed by atoms with E-state index in [4.69, 9.17) is 21.1 Å². The summed E-state index contributed by atoms with van der Waals surface area (Å²) in [6, 6.07) is 10.3. The Morgan fingerprint density at radius 3 is 2.23 bits per heavy atom. The maximum absolute atomic E-state index is 13.1. The number of nitrogens with one attached hydrogen (secondary N) is 1. The molecule has 0 amide bonds. The van der Waals surface area contributed by atoms with Gasteiger partial charge in [-0.15, -0.1) is 0 Å². The summed E-state index contributed by atoms with van der Waals surface area (Å²) < 4.78 is 25.0. The summed E-state index contributed by atoms with van der Waals surface area (Å²) in [7, 11) is 0. The number of rotatable bonds is 8. The maximum atomic E-state index is 13.1. The molecule has 166 valence electrons. The summed E-state index contributed by atoms with van der Waals surface area (Å²) in [5, 5.41) is 4.48. The molecule has 4 saturated carbocycles. The molecule has 0 heterocycles. The summed E-state index contributed by atoms with van der Waals surface area (Å²) >= 11 is 6.62. The third kappa shape index (κ3) is 4.56. The number of benzene rings is 2. The molecule has 1 N–H and O–H groups in total. The molecule has 2 aromatic rings. The molecular formula is C26H31ClFNO2. The lowest BCUT2D eigenvalue weighted by molar-refractivity contribution is -0.0206. The van der Waals surface area contributed by atoms with Gasteiger partial charge in [-0.2, -0.15) is 0 Å². The molecule has 4 fully saturated rings. The van der Waals surface area contributed by atoms with Gasteiger partial charge >= 0.3 is 0 Å². The molecule has 0 spiro atoms. The number of hydrogen-bond acceptors (Lipinski definition) is 3. The molecule has 4 aliphatic rings. The lowest BCUT2D eigenvalue weighted by Crippen LogP contribution is -2.58. The zero-order valence-electron chi connectivity index (χ0n) is 18.1. The van der Waals surface area contributed by atoms with E-state index in [2.05, 4.69) is 5.32 Å². The van der Waals surface area contributed by atoms with Crippen molar-refractivity contribution < 1.29 is 13.9 Å². The minimum absolute atomic E-state index is 0.257. The van der Waals surface area contributed by atoms with Crippen molar-refractivity contribution in [3.05, 3.63) is 58.4 Å². The van der Waals surface area contributed by atoms with Crippen molar-refractivity contribution in [3.8, 4) is 11.5 Å². The predicted molar refractivity (Wildman–Crippen MR) is 121 cm³/mol. The van der Waals surface area contributed by atoms with Crippen LogP contribution in [0.3, 0.4) is 0 Å². The largest absolute Gasteiger partial charge is 0.490 e. The van der Waals surface area contributed by atoms with Crippen molar-refractivity contribution in [2.24, 2.45) is 17.8 Å². The Kier molecular flexibility index (Phi) is 5.87. The molecule has 0 aromatic heterocycles. The van der Waals surface area contributed by atoms with Crippen molar-refractivity contribution in [1.82, 2.24) is 5.32 Å². The molecular weight excluding hydrogens is 413 g/mol. The Hall–Kier alpha value is -1.78. The Morgan fingerprint density at radius 2 is 1.61 bits per heavy atom. The summed E-state index contributed by atoms with van der Waals surface area (Å²) in [4.78, 5) is 0. The molecule has 5 heteroatoms. The summed E-state index contributed by atoms with van der Waals surface area (Å²) in [6.45, 7) is 3.60. The van der Waals surface area contributed by atoms with Gasteiger partial charge in [0.2, 0.25) is 0 Å². The van der Waals surface area contributed by atoms with Crippen LogP contribution in [0.4, 0.5) is 4.39 Å². The highest BCUT2D eigenvalue weighted by atomic mass is 35.5. The van der Waals surface area contributed by atoms with Gasteiger partial charge in [0.15, 0.2) is 11.5 Å². The Labute approximate surface area is 189 Å². The second kappa shape index (κ2) is 8.63. The van der Waals surface area contributed by atoms with Crippen LogP contribution in [0.25, 0.3) is 0 Å². The molecule has 4 bridgehead atoms. The lowest BCUT2D eigenvalue weighted by Gasteiger charge is -2.57. The molecule has 3 nitrogen and oxygen atoms in total. The number of ether oxygens (including phenoxy) is 2. The number of halogens is 2. The van der Waals surface area contributed by atoms with Gasteiger partial charge in [0.25, 0.3) is 0 Å². The quantitative estimate of drug-likeness (QED) is 0.504. The van der Waals surface area contributed by atoms with Gasteiger partial charge in [-0.1, -0.05) is 23.7 Å². The van der Waals surface area contributed by atoms with E-state index >= 15 is 0 Å². The predicted octanol–water partition coefficient (Wildman–Crippen LogP) is 6.52. The van der Waals surface area contributed by atoms with Gasteiger partial charge in [0, 0.05) is 12.1 Å². The van der Waals surface area contributed by atoms with E-state index in [0.29, 0.717) is 35.3 Å². The van der Waals surface area contributed by atoms with E-state index in [0.717, 1.165) is 35.4 Å². The monoisotopic (exact) mass is 443 g/mol. The zero-order valence-corrected chi connectivity index (χ0v) is 18.9. The fraction of sp³-hybridized carbons (Fsp3) is 0.538. The Morgan fingerprint density at radius 1 is 0.968 bits per heavy atom. The Balaban J connectivity index is 1.29. The van der Waals surface area contributed by atoms with Crippen molar-refractivity contribution in [2.75, 3.05) is 6.61 Å². The van der Waals surface area contributed by atoms with Gasteiger partial charge < -0.3 is 14.8 Å². The van der Waals surface area contributed by atoms with Gasteiger partial charge in [-0.25, -0.2) is 4.39 Å². The van der Waals surface area contributed by atoms with Crippen molar-refractivity contribution in [1.29, 1.82) is 0 Å². The fourth-order valence-electron chi connectivity index (χ4n) is 6.48. The van der Waals surface area contributed by atoms with E-state index in [9.17, 15) is 4.39 Å². The van der Waals surface area contributed by atoms with Crippen LogP contribution < -0.4 is 14.8 Å². The van der Waals surface area contributed by atoms with Crippen LogP contribution >= 0.6 is 11.6 Å². The molecule has 0 atom stereocenters. The summed E-state index contributed by atoms with van der Waals surface area (Å²) in [5.74, 6) is 3.72. The van der Waals surface area contributed by atoms with Crippen LogP contribution in [0, 0.1) is 23.6 Å². The third-order valence-electron chi connectivity index (χ3n) is 7.37. The molecule has 0 saturated heterocycles. The highest BCUT2D eigenvalue weighted by Crippen LogP contribution is 2.55. The van der Waals surface area contributed by atoms with E-state index in [1.807, 2.05) is 19.1 Å². The molecule has 31 heavy (non-hydrogen) atoms. The van der Waals surface area contributed by atoms with E-state index in [1.165, 1.54) is 50.7 Å². The standard InChI is InChI=1S/C26H31ClFNO2/c1-2-30-24-11-21(10-23(27)25(24)31-16-17-3-5-22(28)6-4-17)15-29-26-12-18-7-19(13-26)9-20(8-18)14-26/h3-6,10-11,18-20,29H,2,7-9,12-16H2,1H3. The van der Waals surface area contributed by atoms with Crippen LogP contribution in [0.1, 0.15) is 56.6 Å². The third-order valence-corrected chi connectivity index (χ3v) is 7.65. The molecule has 4 aliphatic carbocycles. The van der Waals surface area contributed by atoms with Gasteiger partial charge in [-0.3, -0.25) is 0 Å². The highest BCUT2D eigenvalue weighted by Gasteiger charge is 2.50. The van der Waals surface area contributed by atoms with E-state index in [1.54, 1.807) is 12.1 Å². The van der Waals surface area contributed by atoms with Crippen LogP contribution in [-0.4, -0.2) is 12.1 Å². The highest BCUT2D eigenvalue weighted by molar-refractivity contribution is 6.32. The topological polar surface area (TPSA) is 30.5 Å². The second-order valence-electron chi connectivity index (χ2n) is 9.80. The first-order chi connectivity index (χ1) is 15.0. The minimum atomic E-state index is -0.257. The molecule has 2 aromatic carbocycles. The molecule has 0 aliphatic heterocycles. The average Bonchev–Trinajstić information content (AvgIpc) is 2.72. The lowest BCUT2D eigenvalue weighted by atomic mass is 9.53.